The topological polar surface area (TPSA) is 79.3 Å². The fourth-order valence-corrected chi connectivity index (χ4v) is 5.75. The van der Waals surface area contributed by atoms with Crippen LogP contribution in [0.3, 0.4) is 0 Å². The first-order valence-corrected chi connectivity index (χ1v) is 9.14. The Morgan fingerprint density at radius 2 is 2.10 bits per heavy atom. The maximum atomic E-state index is 12.6. The molecule has 0 aliphatic heterocycles. The van der Waals surface area contributed by atoms with Crippen LogP contribution in [0.15, 0.2) is 21.9 Å². The Bertz CT molecular complexity index is 688. The van der Waals surface area contributed by atoms with Crippen LogP contribution < -0.4 is 4.72 Å². The highest BCUT2D eigenvalue weighted by atomic mass is 32.2. The van der Waals surface area contributed by atoms with Crippen LogP contribution >= 0.6 is 22.7 Å². The van der Waals surface area contributed by atoms with Crippen LogP contribution in [0.25, 0.3) is 0 Å². The smallest absolute Gasteiger partial charge is 0.242 e. The molecule has 0 aliphatic carbocycles. The largest absolute Gasteiger partial charge is 0.391 e. The van der Waals surface area contributed by atoms with E-state index in [-0.39, 0.29) is 11.5 Å². The Kier molecular flexibility index (Phi) is 4.31. The second-order valence-electron chi connectivity index (χ2n) is 4.90. The normalized spacial score (nSPS) is 12.8. The quantitative estimate of drug-likeness (QED) is 0.880. The molecule has 0 atom stereocenters. The van der Waals surface area contributed by atoms with Gasteiger partial charge >= 0.3 is 0 Å². The third kappa shape index (κ3) is 2.94. The summed E-state index contributed by atoms with van der Waals surface area (Å²) in [6.07, 6.45) is 1.64. The molecule has 2 heterocycles. The van der Waals surface area contributed by atoms with Gasteiger partial charge in [0.15, 0.2) is 0 Å². The summed E-state index contributed by atoms with van der Waals surface area (Å²) < 4.78 is 27.8. The van der Waals surface area contributed by atoms with Gasteiger partial charge in [0.05, 0.1) is 17.0 Å². The van der Waals surface area contributed by atoms with E-state index in [2.05, 4.69) is 9.71 Å². The Morgan fingerprint density at radius 3 is 2.65 bits per heavy atom. The fourth-order valence-electron chi connectivity index (χ4n) is 1.92. The summed E-state index contributed by atoms with van der Waals surface area (Å²) in [7, 11) is -3.71. The number of rotatable bonds is 5. The zero-order valence-electron chi connectivity index (χ0n) is 11.4. The Labute approximate surface area is 126 Å². The average molecular weight is 332 g/mol. The first-order chi connectivity index (χ1) is 9.28. The van der Waals surface area contributed by atoms with Crippen molar-refractivity contribution in [3.8, 4) is 0 Å². The van der Waals surface area contributed by atoms with E-state index in [1.54, 1.807) is 37.7 Å². The number of aliphatic hydroxyl groups is 1. The molecule has 0 aliphatic rings. The molecular weight excluding hydrogens is 316 g/mol. The van der Waals surface area contributed by atoms with Gasteiger partial charge in [0.25, 0.3) is 0 Å². The number of nitrogens with one attached hydrogen (secondary N) is 1. The van der Waals surface area contributed by atoms with Gasteiger partial charge in [0, 0.05) is 11.6 Å². The highest BCUT2D eigenvalue weighted by Crippen LogP contribution is 2.30. The highest BCUT2D eigenvalue weighted by Gasteiger charge is 2.32. The number of aryl methyl sites for hydroxylation is 1. The minimum Gasteiger partial charge on any atom is -0.391 e. The van der Waals surface area contributed by atoms with Crippen molar-refractivity contribution >= 4 is 32.7 Å². The molecule has 0 fully saturated rings. The number of sulfonamides is 1. The van der Waals surface area contributed by atoms with Crippen LogP contribution in [0.2, 0.25) is 0 Å². The molecule has 0 spiro atoms. The zero-order valence-corrected chi connectivity index (χ0v) is 13.8. The summed E-state index contributed by atoms with van der Waals surface area (Å²) in [5.74, 6) is 0. The maximum Gasteiger partial charge on any atom is 0.242 e. The molecule has 0 unspecified atom stereocenters. The van der Waals surface area contributed by atoms with Crippen LogP contribution in [-0.2, 0) is 22.2 Å². The van der Waals surface area contributed by atoms with Crippen LogP contribution in [-0.4, -0.2) is 18.5 Å². The molecule has 0 saturated carbocycles. The number of aliphatic hydroxyl groups excluding tert-OH is 1. The molecule has 2 aromatic heterocycles. The van der Waals surface area contributed by atoms with Gasteiger partial charge in [0.2, 0.25) is 10.0 Å². The van der Waals surface area contributed by atoms with Gasteiger partial charge in [-0.25, -0.2) is 13.4 Å². The number of hydrogen-bond donors (Lipinski definition) is 2. The van der Waals surface area contributed by atoms with Crippen LogP contribution in [0.1, 0.15) is 29.3 Å². The van der Waals surface area contributed by atoms with Crippen LogP contribution in [0.4, 0.5) is 0 Å². The molecule has 0 aromatic carbocycles. The molecule has 5 nitrogen and oxygen atoms in total. The first-order valence-electron chi connectivity index (χ1n) is 5.89. The van der Waals surface area contributed by atoms with Crippen molar-refractivity contribution in [2.24, 2.45) is 0 Å². The van der Waals surface area contributed by atoms with Crippen molar-refractivity contribution in [2.75, 3.05) is 0 Å². The van der Waals surface area contributed by atoms with Gasteiger partial charge in [0.1, 0.15) is 9.90 Å². The summed E-state index contributed by atoms with van der Waals surface area (Å²) in [5.41, 5.74) is -0.157. The van der Waals surface area contributed by atoms with E-state index in [4.69, 9.17) is 0 Å². The lowest BCUT2D eigenvalue weighted by Crippen LogP contribution is -2.41. The lowest BCUT2D eigenvalue weighted by atomic mass is 10.1. The molecule has 2 N–H and O–H groups in total. The SMILES string of the molecule is Cc1csc(CO)c1S(=O)(=O)NC(C)(C)c1nccs1. The van der Waals surface area contributed by atoms with Crippen molar-refractivity contribution < 1.29 is 13.5 Å². The third-order valence-corrected chi connectivity index (χ3v) is 6.96. The second-order valence-corrected chi connectivity index (χ2v) is 8.37. The Morgan fingerprint density at radius 1 is 1.40 bits per heavy atom. The fraction of sp³-hybridized carbons (Fsp3) is 0.417. The molecule has 0 radical (unpaired) electrons. The van der Waals surface area contributed by atoms with Gasteiger partial charge in [-0.3, -0.25) is 0 Å². The summed E-state index contributed by atoms with van der Waals surface area (Å²) in [6.45, 7) is 4.97. The van der Waals surface area contributed by atoms with Crippen molar-refractivity contribution in [1.29, 1.82) is 0 Å². The first kappa shape index (κ1) is 15.6. The third-order valence-electron chi connectivity index (χ3n) is 2.76. The molecule has 20 heavy (non-hydrogen) atoms. The van der Waals surface area contributed by atoms with Gasteiger partial charge in [-0.2, -0.15) is 4.72 Å². The van der Waals surface area contributed by atoms with E-state index >= 15 is 0 Å². The van der Waals surface area contributed by atoms with Crippen molar-refractivity contribution in [2.45, 2.75) is 37.8 Å². The molecule has 2 rings (SSSR count). The number of hydrogen-bond acceptors (Lipinski definition) is 6. The van der Waals surface area contributed by atoms with E-state index in [9.17, 15) is 13.5 Å². The van der Waals surface area contributed by atoms with E-state index < -0.39 is 15.6 Å². The maximum absolute atomic E-state index is 12.6. The standard InChI is InChI=1S/C12H16N2O3S3/c1-8-7-19-9(6-15)10(8)20(16,17)14-12(2,3)11-13-4-5-18-11/h4-5,7,14-15H,6H2,1-3H3. The van der Waals surface area contributed by atoms with E-state index in [0.717, 1.165) is 0 Å². The summed E-state index contributed by atoms with van der Waals surface area (Å²) >= 11 is 2.64. The van der Waals surface area contributed by atoms with Gasteiger partial charge in [-0.05, 0) is 31.7 Å². The monoisotopic (exact) mass is 332 g/mol. The minimum atomic E-state index is -3.71. The van der Waals surface area contributed by atoms with Gasteiger partial charge in [-0.15, -0.1) is 22.7 Å². The minimum absolute atomic E-state index is 0.176. The Balaban J connectivity index is 2.39. The molecule has 110 valence electrons. The molecule has 0 saturated heterocycles. The molecule has 8 heteroatoms. The zero-order chi connectivity index (χ0) is 15.0. The molecule has 0 amide bonds. The van der Waals surface area contributed by atoms with Crippen molar-refractivity contribution in [1.82, 2.24) is 9.71 Å². The van der Waals surface area contributed by atoms with E-state index in [1.807, 2.05) is 0 Å². The second kappa shape index (κ2) is 5.53. The van der Waals surface area contributed by atoms with E-state index in [1.165, 1.54) is 22.7 Å². The predicted octanol–water partition coefficient (Wildman–Crippen LogP) is 2.22. The highest BCUT2D eigenvalue weighted by molar-refractivity contribution is 7.89. The van der Waals surface area contributed by atoms with Gasteiger partial charge < -0.3 is 5.11 Å². The lowest BCUT2D eigenvalue weighted by Gasteiger charge is -2.23. The van der Waals surface area contributed by atoms with Crippen molar-refractivity contribution in [3.63, 3.8) is 0 Å². The molecule has 0 bridgehead atoms. The average Bonchev–Trinajstić information content (AvgIpc) is 2.95. The Hall–Kier alpha value is -0.800. The number of nitrogens with zero attached hydrogens (tertiary/aromatic N) is 1. The number of aromatic nitrogens is 1. The molecular formula is C12H16N2O3S3. The summed E-state index contributed by atoms with van der Waals surface area (Å²) in [6, 6.07) is 0. The lowest BCUT2D eigenvalue weighted by molar-refractivity contribution is 0.282. The van der Waals surface area contributed by atoms with Gasteiger partial charge in [-0.1, -0.05) is 0 Å². The summed E-state index contributed by atoms with van der Waals surface area (Å²) in [5, 5.41) is 13.5. The van der Waals surface area contributed by atoms with E-state index in [0.29, 0.717) is 15.4 Å². The van der Waals surface area contributed by atoms with Crippen LogP contribution in [0, 0.1) is 6.92 Å². The predicted molar refractivity (Wildman–Crippen MR) is 80.4 cm³/mol. The summed E-state index contributed by atoms with van der Waals surface area (Å²) in [4.78, 5) is 4.79. The van der Waals surface area contributed by atoms with Crippen LogP contribution in [0.5, 0.6) is 0 Å². The number of thiophene rings is 1. The van der Waals surface area contributed by atoms with Crippen molar-refractivity contribution in [3.05, 3.63) is 32.4 Å². The molecule has 2 aromatic rings. The number of thiazole rings is 1.